The Morgan fingerprint density at radius 2 is 1.47 bits per heavy atom. The Bertz CT molecular complexity index is 1020. The van der Waals surface area contributed by atoms with Crippen LogP contribution in [0.1, 0.15) is 23.7 Å². The van der Waals surface area contributed by atoms with Gasteiger partial charge in [0.25, 0.3) is 0 Å². The minimum absolute atomic E-state index is 0.217. The van der Waals surface area contributed by atoms with Gasteiger partial charge in [0.2, 0.25) is 0 Å². The van der Waals surface area contributed by atoms with Crippen molar-refractivity contribution in [2.45, 2.75) is 26.9 Å². The summed E-state index contributed by atoms with van der Waals surface area (Å²) in [6.45, 7) is 10.3. The van der Waals surface area contributed by atoms with Crippen LogP contribution in [0.15, 0.2) is 48.5 Å². The molecule has 0 N–H and O–H groups in total. The highest BCUT2D eigenvalue weighted by Crippen LogP contribution is 2.30. The van der Waals surface area contributed by atoms with E-state index < -0.39 is 0 Å². The average molecular weight is 440 g/mol. The molecule has 2 aromatic carbocycles. The predicted octanol–water partition coefficient (Wildman–Crippen LogP) is 4.23. The molecule has 3 aromatic rings. The molecule has 0 spiro atoms. The molecule has 1 fully saturated rings. The van der Waals surface area contributed by atoms with Gasteiger partial charge in [0.05, 0.1) is 11.4 Å². The standard InChI is InChI=1S/C25H31F2N5/c1-4-30(17-20-5-7-21(26)8-6-20)18-24-19(2)28-32(23-11-9-22(27)10-12-23)25(24)31-15-13-29(3)14-16-31/h5-12H,4,13-18H2,1-3H3. The molecule has 1 aliphatic heterocycles. The Balaban J connectivity index is 1.68. The molecule has 5 nitrogen and oxygen atoms in total. The first-order chi connectivity index (χ1) is 15.4. The van der Waals surface area contributed by atoms with Crippen LogP contribution in [0.4, 0.5) is 14.6 Å². The molecule has 0 amide bonds. The summed E-state index contributed by atoms with van der Waals surface area (Å²) in [6, 6.07) is 13.2. The second-order valence-electron chi connectivity index (χ2n) is 8.50. The number of halogens is 2. The largest absolute Gasteiger partial charge is 0.354 e. The molecule has 1 aromatic heterocycles. The fraction of sp³-hybridized carbons (Fsp3) is 0.400. The fourth-order valence-electron chi connectivity index (χ4n) is 4.19. The summed E-state index contributed by atoms with van der Waals surface area (Å²) >= 11 is 0. The van der Waals surface area contributed by atoms with Crippen molar-refractivity contribution in [2.75, 3.05) is 44.7 Å². The molecule has 1 saturated heterocycles. The highest BCUT2D eigenvalue weighted by atomic mass is 19.1. The molecular formula is C25H31F2N5. The van der Waals surface area contributed by atoms with E-state index in [-0.39, 0.29) is 11.6 Å². The van der Waals surface area contributed by atoms with Crippen molar-refractivity contribution in [3.05, 3.63) is 77.0 Å². The van der Waals surface area contributed by atoms with Gasteiger partial charge >= 0.3 is 0 Å². The summed E-state index contributed by atoms with van der Waals surface area (Å²) in [6.07, 6.45) is 0. The average Bonchev–Trinajstić information content (AvgIpc) is 3.11. The molecule has 1 aliphatic rings. The van der Waals surface area contributed by atoms with Crippen molar-refractivity contribution in [2.24, 2.45) is 0 Å². The van der Waals surface area contributed by atoms with Crippen molar-refractivity contribution in [3.63, 3.8) is 0 Å². The van der Waals surface area contributed by atoms with E-state index in [0.717, 1.165) is 68.6 Å². The van der Waals surface area contributed by atoms with Crippen LogP contribution in [0, 0.1) is 18.6 Å². The van der Waals surface area contributed by atoms with Crippen LogP contribution in [0.25, 0.3) is 5.69 Å². The number of aromatic nitrogens is 2. The van der Waals surface area contributed by atoms with Crippen LogP contribution in [0.5, 0.6) is 0 Å². The zero-order chi connectivity index (χ0) is 22.7. The van der Waals surface area contributed by atoms with E-state index >= 15 is 0 Å². The summed E-state index contributed by atoms with van der Waals surface area (Å²) in [5.41, 5.74) is 4.10. The normalized spacial score (nSPS) is 15.0. The van der Waals surface area contributed by atoms with E-state index in [4.69, 9.17) is 5.10 Å². The van der Waals surface area contributed by atoms with Gasteiger partial charge in [0.1, 0.15) is 17.5 Å². The third-order valence-corrected chi connectivity index (χ3v) is 6.18. The molecule has 170 valence electrons. The van der Waals surface area contributed by atoms with Crippen molar-refractivity contribution >= 4 is 5.82 Å². The first-order valence-corrected chi connectivity index (χ1v) is 11.2. The number of likely N-dealkylation sites (N-methyl/N-ethyl adjacent to an activating group) is 1. The second kappa shape index (κ2) is 9.79. The molecule has 0 radical (unpaired) electrons. The number of piperazine rings is 1. The summed E-state index contributed by atoms with van der Waals surface area (Å²) in [5, 5.41) is 4.87. The van der Waals surface area contributed by atoms with Crippen molar-refractivity contribution in [1.29, 1.82) is 0 Å². The molecule has 0 atom stereocenters. The maximum atomic E-state index is 13.6. The molecule has 4 rings (SSSR count). The number of nitrogens with zero attached hydrogens (tertiary/aromatic N) is 5. The summed E-state index contributed by atoms with van der Waals surface area (Å²) in [4.78, 5) is 7.06. The topological polar surface area (TPSA) is 27.5 Å². The summed E-state index contributed by atoms with van der Waals surface area (Å²) < 4.78 is 28.8. The van der Waals surface area contributed by atoms with Crippen LogP contribution in [-0.4, -0.2) is 59.4 Å². The molecule has 0 unspecified atom stereocenters. The lowest BCUT2D eigenvalue weighted by Gasteiger charge is -2.35. The highest BCUT2D eigenvalue weighted by Gasteiger charge is 2.25. The van der Waals surface area contributed by atoms with E-state index in [2.05, 4.69) is 28.7 Å². The molecule has 2 heterocycles. The van der Waals surface area contributed by atoms with Gasteiger partial charge in [-0.1, -0.05) is 19.1 Å². The number of rotatable bonds is 7. The van der Waals surface area contributed by atoms with E-state index in [0.29, 0.717) is 0 Å². The van der Waals surface area contributed by atoms with Gasteiger partial charge in [0.15, 0.2) is 0 Å². The van der Waals surface area contributed by atoms with E-state index in [1.54, 1.807) is 12.1 Å². The Labute approximate surface area is 188 Å². The zero-order valence-electron chi connectivity index (χ0n) is 19.1. The first-order valence-electron chi connectivity index (χ1n) is 11.2. The molecular weight excluding hydrogens is 408 g/mol. The molecule has 0 aliphatic carbocycles. The Morgan fingerprint density at radius 3 is 2.06 bits per heavy atom. The number of anilines is 1. The molecule has 7 heteroatoms. The Kier molecular flexibility index (Phi) is 6.86. The van der Waals surface area contributed by atoms with Gasteiger partial charge in [-0.25, -0.2) is 13.5 Å². The van der Waals surface area contributed by atoms with E-state index in [1.807, 2.05) is 23.7 Å². The highest BCUT2D eigenvalue weighted by molar-refractivity contribution is 5.55. The van der Waals surface area contributed by atoms with Gasteiger partial charge in [-0.2, -0.15) is 5.10 Å². The van der Waals surface area contributed by atoms with Gasteiger partial charge in [-0.15, -0.1) is 0 Å². The van der Waals surface area contributed by atoms with Crippen molar-refractivity contribution in [1.82, 2.24) is 19.6 Å². The summed E-state index contributed by atoms with van der Waals surface area (Å²) in [5.74, 6) is 0.612. The number of benzene rings is 2. The molecule has 0 saturated carbocycles. The number of hydrogen-bond donors (Lipinski definition) is 0. The van der Waals surface area contributed by atoms with E-state index in [9.17, 15) is 8.78 Å². The second-order valence-corrected chi connectivity index (χ2v) is 8.50. The Hall–Kier alpha value is -2.77. The Morgan fingerprint density at radius 1 is 0.875 bits per heavy atom. The lowest BCUT2D eigenvalue weighted by Crippen LogP contribution is -2.45. The van der Waals surface area contributed by atoms with Crippen LogP contribution in [0.3, 0.4) is 0 Å². The third-order valence-electron chi connectivity index (χ3n) is 6.18. The predicted molar refractivity (Wildman–Crippen MR) is 124 cm³/mol. The van der Waals surface area contributed by atoms with Crippen molar-refractivity contribution in [3.8, 4) is 5.69 Å². The fourth-order valence-corrected chi connectivity index (χ4v) is 4.19. The molecule has 32 heavy (non-hydrogen) atoms. The number of aryl methyl sites for hydroxylation is 1. The van der Waals surface area contributed by atoms with E-state index in [1.165, 1.54) is 29.8 Å². The smallest absolute Gasteiger partial charge is 0.137 e. The monoisotopic (exact) mass is 439 g/mol. The lowest BCUT2D eigenvalue weighted by atomic mass is 10.1. The van der Waals surface area contributed by atoms with Crippen molar-refractivity contribution < 1.29 is 8.78 Å². The minimum Gasteiger partial charge on any atom is -0.354 e. The quantitative estimate of drug-likeness (QED) is 0.551. The SMILES string of the molecule is CCN(Cc1ccc(F)cc1)Cc1c(C)nn(-c2ccc(F)cc2)c1N1CCN(C)CC1. The third kappa shape index (κ3) is 5.00. The van der Waals surface area contributed by atoms with Crippen LogP contribution >= 0.6 is 0 Å². The van der Waals surface area contributed by atoms with Crippen LogP contribution in [-0.2, 0) is 13.1 Å². The van der Waals surface area contributed by atoms with Crippen LogP contribution < -0.4 is 4.90 Å². The first kappa shape index (κ1) is 22.4. The minimum atomic E-state index is -0.254. The maximum Gasteiger partial charge on any atom is 0.137 e. The van der Waals surface area contributed by atoms with Gasteiger partial charge < -0.3 is 9.80 Å². The maximum absolute atomic E-state index is 13.6. The van der Waals surface area contributed by atoms with Gasteiger partial charge in [-0.3, -0.25) is 4.90 Å². The van der Waals surface area contributed by atoms with Gasteiger partial charge in [-0.05, 0) is 62.5 Å². The van der Waals surface area contributed by atoms with Gasteiger partial charge in [0, 0.05) is 44.8 Å². The zero-order valence-corrected chi connectivity index (χ0v) is 19.1. The molecule has 0 bridgehead atoms. The summed E-state index contributed by atoms with van der Waals surface area (Å²) in [7, 11) is 2.14. The van der Waals surface area contributed by atoms with Crippen LogP contribution in [0.2, 0.25) is 0 Å². The number of hydrogen-bond acceptors (Lipinski definition) is 4. The lowest BCUT2D eigenvalue weighted by molar-refractivity contribution is 0.270.